The van der Waals surface area contributed by atoms with Crippen molar-refractivity contribution in [3.05, 3.63) is 34.6 Å². The van der Waals surface area contributed by atoms with Gasteiger partial charge in [0.1, 0.15) is 5.82 Å². The topological polar surface area (TPSA) is 69.1 Å². The molecule has 0 heterocycles. The Bertz CT molecular complexity index is 396. The minimum atomic E-state index is -0.689. The number of carbonyl (C=O) groups is 1. The van der Waals surface area contributed by atoms with Crippen LogP contribution in [0.4, 0.5) is 4.39 Å². The van der Waals surface area contributed by atoms with Crippen LogP contribution in [-0.4, -0.2) is 18.3 Å². The second kappa shape index (κ2) is 13.2. The highest BCUT2D eigenvalue weighted by Gasteiger charge is 2.06. The monoisotopic (exact) mass is 356 g/mol. The summed E-state index contributed by atoms with van der Waals surface area (Å²) in [5, 5.41) is 0.166. The Morgan fingerprint density at radius 1 is 1.19 bits per heavy atom. The Hall–Kier alpha value is -0.490. The van der Waals surface area contributed by atoms with Crippen molar-refractivity contribution >= 4 is 42.6 Å². The van der Waals surface area contributed by atoms with Gasteiger partial charge in [-0.25, -0.2) is 4.39 Å². The van der Waals surface area contributed by atoms with Crippen LogP contribution in [0, 0.1) is 5.82 Å². The molecule has 0 aliphatic heterocycles. The molecule has 0 radical (unpaired) electrons. The van der Waals surface area contributed by atoms with Gasteiger partial charge in [0.2, 0.25) is 5.91 Å². The van der Waals surface area contributed by atoms with E-state index in [-0.39, 0.29) is 24.1 Å². The Labute approximate surface area is 142 Å². The van der Waals surface area contributed by atoms with Crippen LogP contribution in [0.5, 0.6) is 0 Å². The molecule has 1 amide bonds. The molecule has 4 N–H and O–H groups in total. The van der Waals surface area contributed by atoms with Crippen molar-refractivity contribution in [2.24, 2.45) is 11.5 Å². The van der Waals surface area contributed by atoms with E-state index in [1.54, 1.807) is 0 Å². The molecule has 0 saturated heterocycles. The van der Waals surface area contributed by atoms with Gasteiger partial charge in [-0.2, -0.15) is 13.5 Å². The number of rotatable bonds is 1. The third-order valence-electron chi connectivity index (χ3n) is 2.80. The highest BCUT2D eigenvalue weighted by atomic mass is 35.5. The molecule has 1 saturated carbocycles. The molecule has 1 aromatic rings. The lowest BCUT2D eigenvalue weighted by atomic mass is 9.97. The zero-order chi connectivity index (χ0) is 15.5. The lowest BCUT2D eigenvalue weighted by Crippen LogP contribution is -2.22. The van der Waals surface area contributed by atoms with Gasteiger partial charge in [-0.3, -0.25) is 4.79 Å². The zero-order valence-corrected chi connectivity index (χ0v) is 14.6. The summed E-state index contributed by atoms with van der Waals surface area (Å²) in [6.07, 6.45) is 8.13. The Morgan fingerprint density at radius 2 is 1.71 bits per heavy atom. The molecular weight excluding hydrogens is 334 g/mol. The smallest absolute Gasteiger partial charge is 0.248 e. The van der Waals surface area contributed by atoms with Crippen molar-refractivity contribution in [3.63, 3.8) is 0 Å². The molecule has 3 nitrogen and oxygen atoms in total. The summed E-state index contributed by atoms with van der Waals surface area (Å²) >= 11 is 10.1. The number of amides is 1. The molecule has 1 aliphatic rings. The van der Waals surface area contributed by atoms with Crippen molar-refractivity contribution in [3.8, 4) is 0 Å². The maximum atomic E-state index is 12.5. The number of primary amides is 1. The molecule has 0 aromatic heterocycles. The predicted octanol–water partition coefficient (Wildman–Crippen LogP) is 3.82. The van der Waals surface area contributed by atoms with Crippen LogP contribution in [0.15, 0.2) is 18.2 Å². The van der Waals surface area contributed by atoms with Crippen LogP contribution in [0.25, 0.3) is 0 Å². The standard InChI is InChI=1S/C7H5ClFNO.C6H13N.CH3Cl.H2S/c8-5-1-4(7(10)11)2-6(9)3-5;7-6-4-2-1-3-5-6;1-2;/h1-3H,(H2,10,11);6H,1-5,7H2;1H3;1H2. The van der Waals surface area contributed by atoms with E-state index in [0.29, 0.717) is 6.04 Å². The van der Waals surface area contributed by atoms with Crippen LogP contribution in [0.1, 0.15) is 42.5 Å². The average Bonchev–Trinajstić information content (AvgIpc) is 2.41. The normalized spacial score (nSPS) is 13.8. The van der Waals surface area contributed by atoms with E-state index in [9.17, 15) is 9.18 Å². The number of hydrogen-bond acceptors (Lipinski definition) is 2. The Kier molecular flexibility index (Phi) is 14.3. The van der Waals surface area contributed by atoms with Gasteiger partial charge in [0.15, 0.2) is 0 Å². The first-order valence-electron chi connectivity index (χ1n) is 6.38. The highest BCUT2D eigenvalue weighted by molar-refractivity contribution is 7.59. The Balaban J connectivity index is 0. The fraction of sp³-hybridized carbons (Fsp3) is 0.500. The van der Waals surface area contributed by atoms with Crippen LogP contribution >= 0.6 is 36.7 Å². The molecule has 0 bridgehead atoms. The fourth-order valence-corrected chi connectivity index (χ4v) is 2.05. The van der Waals surface area contributed by atoms with Crippen molar-refractivity contribution < 1.29 is 9.18 Å². The van der Waals surface area contributed by atoms with Gasteiger partial charge in [0.05, 0.1) is 0 Å². The average molecular weight is 357 g/mol. The predicted molar refractivity (Wildman–Crippen MR) is 93.1 cm³/mol. The lowest BCUT2D eigenvalue weighted by Gasteiger charge is -2.15. The molecule has 1 fully saturated rings. The minimum Gasteiger partial charge on any atom is -0.366 e. The molecule has 2 rings (SSSR count). The van der Waals surface area contributed by atoms with Gasteiger partial charge in [-0.05, 0) is 31.0 Å². The maximum absolute atomic E-state index is 12.5. The summed E-state index contributed by atoms with van der Waals surface area (Å²) in [5.41, 5.74) is 10.6. The minimum absolute atomic E-state index is 0. The first kappa shape index (κ1) is 22.8. The van der Waals surface area contributed by atoms with Gasteiger partial charge in [-0.15, -0.1) is 11.6 Å². The highest BCUT2D eigenvalue weighted by Crippen LogP contribution is 2.15. The first-order valence-corrected chi connectivity index (χ1v) is 7.51. The van der Waals surface area contributed by atoms with E-state index in [2.05, 4.69) is 11.6 Å². The summed E-state index contributed by atoms with van der Waals surface area (Å²) in [6, 6.07) is 3.99. The van der Waals surface area contributed by atoms with E-state index in [1.165, 1.54) is 44.6 Å². The number of alkyl halides is 1. The van der Waals surface area contributed by atoms with E-state index in [1.807, 2.05) is 0 Å². The number of benzene rings is 1. The molecule has 0 spiro atoms. The fourth-order valence-electron chi connectivity index (χ4n) is 1.83. The summed E-state index contributed by atoms with van der Waals surface area (Å²) in [5.74, 6) is -1.25. The number of halogens is 3. The molecule has 1 aliphatic carbocycles. The van der Waals surface area contributed by atoms with Crippen molar-refractivity contribution in [2.75, 3.05) is 6.38 Å². The van der Waals surface area contributed by atoms with Gasteiger partial charge >= 0.3 is 0 Å². The number of carbonyl (C=O) groups excluding carboxylic acids is 1. The maximum Gasteiger partial charge on any atom is 0.248 e. The molecule has 0 atom stereocenters. The van der Waals surface area contributed by atoms with Crippen molar-refractivity contribution in [1.82, 2.24) is 0 Å². The summed E-state index contributed by atoms with van der Waals surface area (Å²) in [4.78, 5) is 10.5. The molecule has 122 valence electrons. The van der Waals surface area contributed by atoms with Gasteiger partial charge < -0.3 is 11.5 Å². The van der Waals surface area contributed by atoms with Crippen molar-refractivity contribution in [1.29, 1.82) is 0 Å². The molecule has 0 unspecified atom stereocenters. The van der Waals surface area contributed by atoms with Crippen LogP contribution in [-0.2, 0) is 0 Å². The van der Waals surface area contributed by atoms with Gasteiger partial charge in [-0.1, -0.05) is 30.9 Å². The third-order valence-corrected chi connectivity index (χ3v) is 3.02. The number of nitrogens with two attached hydrogens (primary N) is 2. The van der Waals surface area contributed by atoms with E-state index in [0.717, 1.165) is 12.1 Å². The lowest BCUT2D eigenvalue weighted by molar-refractivity contribution is 0.1000. The Morgan fingerprint density at radius 3 is 2.05 bits per heavy atom. The molecule has 21 heavy (non-hydrogen) atoms. The second-order valence-corrected chi connectivity index (χ2v) is 4.86. The van der Waals surface area contributed by atoms with Gasteiger partial charge in [0, 0.05) is 23.0 Å². The largest absolute Gasteiger partial charge is 0.366 e. The van der Waals surface area contributed by atoms with Crippen LogP contribution < -0.4 is 11.5 Å². The van der Waals surface area contributed by atoms with E-state index >= 15 is 0 Å². The van der Waals surface area contributed by atoms with Crippen molar-refractivity contribution in [2.45, 2.75) is 38.1 Å². The first-order chi connectivity index (χ1) is 9.49. The number of hydrogen-bond donors (Lipinski definition) is 2. The molecule has 7 heteroatoms. The third kappa shape index (κ3) is 10.8. The SMILES string of the molecule is CCl.NC(=O)c1cc(F)cc(Cl)c1.NC1CCCCC1.S. The second-order valence-electron chi connectivity index (χ2n) is 4.42. The van der Waals surface area contributed by atoms with E-state index in [4.69, 9.17) is 23.1 Å². The zero-order valence-electron chi connectivity index (χ0n) is 12.0. The summed E-state index contributed by atoms with van der Waals surface area (Å²) < 4.78 is 12.5. The molecular formula is C14H23Cl2FN2OS. The van der Waals surface area contributed by atoms with Crippen LogP contribution in [0.2, 0.25) is 5.02 Å². The van der Waals surface area contributed by atoms with E-state index < -0.39 is 11.7 Å². The summed E-state index contributed by atoms with van der Waals surface area (Å²) in [7, 11) is 0. The van der Waals surface area contributed by atoms with Crippen LogP contribution in [0.3, 0.4) is 0 Å². The van der Waals surface area contributed by atoms with Gasteiger partial charge in [0.25, 0.3) is 0 Å². The quantitative estimate of drug-likeness (QED) is 0.750. The molecule has 1 aromatic carbocycles. The summed E-state index contributed by atoms with van der Waals surface area (Å²) in [6.45, 7) is 0.